The first kappa shape index (κ1) is 12.6. The van der Waals surface area contributed by atoms with E-state index in [-0.39, 0.29) is 0 Å². The summed E-state index contributed by atoms with van der Waals surface area (Å²) in [5, 5.41) is 39.8. The Hall–Kier alpha value is -0.500. The monoisotopic (exact) mass is 219 g/mol. The summed E-state index contributed by atoms with van der Waals surface area (Å²) >= 11 is 0. The van der Waals surface area contributed by atoms with E-state index in [0.717, 1.165) is 0 Å². The maximum absolute atomic E-state index is 9.53. The van der Waals surface area contributed by atoms with Crippen LogP contribution in [-0.2, 0) is 4.74 Å². The van der Waals surface area contributed by atoms with Gasteiger partial charge in [-0.2, -0.15) is 0 Å². The highest BCUT2D eigenvalue weighted by Gasteiger charge is 2.45. The van der Waals surface area contributed by atoms with Crippen LogP contribution in [0.1, 0.15) is 0 Å². The maximum atomic E-state index is 9.53. The first-order valence-corrected chi connectivity index (χ1v) is 4.76. The molecule has 1 rings (SSSR count). The largest absolute Gasteiger partial charge is 0.394 e. The Labute approximate surface area is 87.8 Å². The molecule has 5 atom stereocenters. The van der Waals surface area contributed by atoms with Gasteiger partial charge < -0.3 is 25.2 Å². The van der Waals surface area contributed by atoms with E-state index in [9.17, 15) is 15.3 Å². The first-order valence-electron chi connectivity index (χ1n) is 4.76. The average molecular weight is 219 g/mol. The van der Waals surface area contributed by atoms with E-state index in [2.05, 4.69) is 11.9 Å². The molecule has 0 aliphatic carbocycles. The Kier molecular flexibility index (Phi) is 4.65. The van der Waals surface area contributed by atoms with Crippen LogP contribution < -0.4 is 5.32 Å². The van der Waals surface area contributed by atoms with Crippen LogP contribution in [0, 0.1) is 0 Å². The highest BCUT2D eigenvalue weighted by molar-refractivity contribution is 4.93. The van der Waals surface area contributed by atoms with Gasteiger partial charge in [0.05, 0.1) is 6.61 Å². The van der Waals surface area contributed by atoms with Gasteiger partial charge in [-0.25, -0.2) is 0 Å². The fourth-order valence-electron chi connectivity index (χ4n) is 1.49. The summed E-state index contributed by atoms with van der Waals surface area (Å²) in [7, 11) is 0. The van der Waals surface area contributed by atoms with E-state index < -0.39 is 37.3 Å². The van der Waals surface area contributed by atoms with Crippen LogP contribution in [0.25, 0.3) is 0 Å². The molecule has 6 heteroatoms. The summed E-state index contributed by atoms with van der Waals surface area (Å²) < 4.78 is 5.17. The number of aliphatic hydroxyl groups excluding tert-OH is 4. The van der Waals surface area contributed by atoms with Crippen molar-refractivity contribution in [3.05, 3.63) is 12.7 Å². The van der Waals surface area contributed by atoms with Crippen molar-refractivity contribution < 1.29 is 25.2 Å². The zero-order valence-corrected chi connectivity index (χ0v) is 8.28. The van der Waals surface area contributed by atoms with E-state index in [1.165, 1.54) is 0 Å². The third-order valence-electron chi connectivity index (χ3n) is 2.33. The molecule has 0 aromatic rings. The molecule has 0 amide bonds. The van der Waals surface area contributed by atoms with Gasteiger partial charge in [-0.05, 0) is 0 Å². The second-order valence-corrected chi connectivity index (χ2v) is 3.45. The average Bonchev–Trinajstić information content (AvgIpc) is 2.53. The molecule has 88 valence electrons. The van der Waals surface area contributed by atoms with Crippen LogP contribution >= 0.6 is 0 Å². The second-order valence-electron chi connectivity index (χ2n) is 3.45. The van der Waals surface area contributed by atoms with Gasteiger partial charge in [-0.15, -0.1) is 6.58 Å². The molecule has 0 spiro atoms. The Balaban J connectivity index is 2.54. The zero-order chi connectivity index (χ0) is 11.4. The smallest absolute Gasteiger partial charge is 0.137 e. The molecular formula is C9H17NO5. The van der Waals surface area contributed by atoms with E-state index >= 15 is 0 Å². The summed E-state index contributed by atoms with van der Waals surface area (Å²) in [6, 6.07) is 0. The molecule has 15 heavy (non-hydrogen) atoms. The Bertz CT molecular complexity index is 213. The van der Waals surface area contributed by atoms with Crippen LogP contribution in [-0.4, -0.2) is 64.2 Å². The summed E-state index contributed by atoms with van der Waals surface area (Å²) in [5.74, 6) is 0. The van der Waals surface area contributed by atoms with Crippen molar-refractivity contribution in [2.24, 2.45) is 0 Å². The van der Waals surface area contributed by atoms with Crippen molar-refractivity contribution >= 4 is 0 Å². The fraction of sp³-hybridized carbons (Fsp3) is 0.778. The minimum absolute atomic E-state index is 0.413. The highest BCUT2D eigenvalue weighted by Crippen LogP contribution is 2.22. The van der Waals surface area contributed by atoms with E-state index in [0.29, 0.717) is 6.54 Å². The molecule has 0 aromatic heterocycles. The van der Waals surface area contributed by atoms with E-state index in [4.69, 9.17) is 9.84 Å². The van der Waals surface area contributed by atoms with Crippen molar-refractivity contribution in [1.29, 1.82) is 0 Å². The van der Waals surface area contributed by atoms with Crippen molar-refractivity contribution in [1.82, 2.24) is 5.32 Å². The summed E-state index contributed by atoms with van der Waals surface area (Å²) in [4.78, 5) is 0. The molecule has 1 aliphatic rings. The molecule has 1 fully saturated rings. The van der Waals surface area contributed by atoms with Gasteiger partial charge in [0, 0.05) is 6.54 Å². The van der Waals surface area contributed by atoms with Crippen molar-refractivity contribution in [3.8, 4) is 0 Å². The number of ether oxygens (including phenoxy) is 1. The topological polar surface area (TPSA) is 102 Å². The third kappa shape index (κ3) is 2.75. The number of hydrogen-bond acceptors (Lipinski definition) is 6. The molecule has 1 aliphatic heterocycles. The van der Waals surface area contributed by atoms with Crippen molar-refractivity contribution in [3.63, 3.8) is 0 Å². The van der Waals surface area contributed by atoms with Gasteiger partial charge >= 0.3 is 0 Å². The lowest BCUT2D eigenvalue weighted by molar-refractivity contribution is -0.0860. The predicted molar refractivity (Wildman–Crippen MR) is 52.0 cm³/mol. The summed E-state index contributed by atoms with van der Waals surface area (Å²) in [5.41, 5.74) is 0. The minimum Gasteiger partial charge on any atom is -0.394 e. The molecule has 0 aromatic carbocycles. The lowest BCUT2D eigenvalue weighted by Gasteiger charge is -2.18. The lowest BCUT2D eigenvalue weighted by atomic mass is 10.1. The SMILES string of the molecule is C=CCNC1O[C@H]([C@H](O)CO)[C@H](O)[C@H]1O. The Morgan fingerprint density at radius 3 is 2.60 bits per heavy atom. The normalized spacial score (nSPS) is 37.9. The van der Waals surface area contributed by atoms with Crippen LogP contribution in [0.3, 0.4) is 0 Å². The van der Waals surface area contributed by atoms with Gasteiger partial charge in [0.15, 0.2) is 0 Å². The number of rotatable bonds is 5. The van der Waals surface area contributed by atoms with Gasteiger partial charge in [-0.1, -0.05) is 6.08 Å². The molecule has 1 saturated heterocycles. The number of aliphatic hydroxyl groups is 4. The maximum Gasteiger partial charge on any atom is 0.137 e. The summed E-state index contributed by atoms with van der Waals surface area (Å²) in [6.45, 7) is 3.37. The second kappa shape index (κ2) is 5.55. The third-order valence-corrected chi connectivity index (χ3v) is 2.33. The van der Waals surface area contributed by atoms with E-state index in [1.807, 2.05) is 0 Å². The van der Waals surface area contributed by atoms with E-state index in [1.54, 1.807) is 6.08 Å². The lowest BCUT2D eigenvalue weighted by Crippen LogP contribution is -2.42. The van der Waals surface area contributed by atoms with Gasteiger partial charge in [-0.3, -0.25) is 5.32 Å². The number of nitrogens with one attached hydrogen (secondary N) is 1. The first-order chi connectivity index (χ1) is 7.11. The molecule has 1 unspecified atom stereocenters. The van der Waals surface area contributed by atoms with Crippen molar-refractivity contribution in [2.45, 2.75) is 30.6 Å². The van der Waals surface area contributed by atoms with Crippen LogP contribution in [0.2, 0.25) is 0 Å². The van der Waals surface area contributed by atoms with Crippen LogP contribution in [0.15, 0.2) is 12.7 Å². The molecule has 1 heterocycles. The minimum atomic E-state index is -1.21. The summed E-state index contributed by atoms with van der Waals surface area (Å²) in [6.07, 6.45) is -3.70. The molecule has 0 saturated carbocycles. The van der Waals surface area contributed by atoms with Crippen LogP contribution in [0.4, 0.5) is 0 Å². The number of hydrogen-bond donors (Lipinski definition) is 5. The zero-order valence-electron chi connectivity index (χ0n) is 8.28. The molecule has 6 nitrogen and oxygen atoms in total. The van der Waals surface area contributed by atoms with Gasteiger partial charge in [0.1, 0.15) is 30.6 Å². The van der Waals surface area contributed by atoms with Gasteiger partial charge in [0.2, 0.25) is 0 Å². The predicted octanol–water partition coefficient (Wildman–Crippen LogP) is -2.44. The fourth-order valence-corrected chi connectivity index (χ4v) is 1.49. The van der Waals surface area contributed by atoms with Gasteiger partial charge in [0.25, 0.3) is 0 Å². The highest BCUT2D eigenvalue weighted by atomic mass is 16.6. The van der Waals surface area contributed by atoms with Crippen LogP contribution in [0.5, 0.6) is 0 Å². The quantitative estimate of drug-likeness (QED) is 0.329. The molecule has 5 N–H and O–H groups in total. The molecule has 0 radical (unpaired) electrons. The molecular weight excluding hydrogens is 202 g/mol. The Morgan fingerprint density at radius 2 is 2.07 bits per heavy atom. The Morgan fingerprint density at radius 1 is 1.40 bits per heavy atom. The van der Waals surface area contributed by atoms with Crippen molar-refractivity contribution in [2.75, 3.05) is 13.2 Å². The standard InChI is InChI=1S/C9H17NO5/c1-2-3-10-9-7(14)6(13)8(15-9)5(12)4-11/h2,5-14H,1,3-4H2/t5-,6-,7-,8-,9?/m1/s1. The molecule has 0 bridgehead atoms.